The lowest BCUT2D eigenvalue weighted by molar-refractivity contribution is 0.0108. The molecule has 2 N–H and O–H groups in total. The van der Waals surface area contributed by atoms with Crippen LogP contribution in [0.3, 0.4) is 0 Å². The number of aliphatic hydroxyl groups is 2. The molecule has 15 heavy (non-hydrogen) atoms. The second-order valence-corrected chi connectivity index (χ2v) is 3.52. The Morgan fingerprint density at radius 3 is 2.67 bits per heavy atom. The Morgan fingerprint density at radius 2 is 2.00 bits per heavy atom. The molecule has 0 atom stereocenters. The van der Waals surface area contributed by atoms with Gasteiger partial charge < -0.3 is 15.1 Å². The summed E-state index contributed by atoms with van der Waals surface area (Å²) in [6.45, 7) is 2.07. The minimum Gasteiger partial charge on any atom is -0.362 e. The molecule has 80 valence electrons. The van der Waals surface area contributed by atoms with Crippen molar-refractivity contribution in [3.63, 3.8) is 0 Å². The third kappa shape index (κ3) is 2.34. The highest BCUT2D eigenvalue weighted by atomic mass is 16.5. The zero-order chi connectivity index (χ0) is 10.7. The second-order valence-electron chi connectivity index (χ2n) is 3.52. The van der Waals surface area contributed by atoms with E-state index in [1.165, 1.54) is 0 Å². The highest BCUT2D eigenvalue weighted by Crippen LogP contribution is 2.10. The number of nitrogens with zero attached hydrogens (tertiary/aromatic N) is 2. The summed E-state index contributed by atoms with van der Waals surface area (Å²) in [5, 5.41) is 18.2. The maximum atomic E-state index is 9.08. The van der Waals surface area contributed by atoms with Gasteiger partial charge in [0.1, 0.15) is 0 Å². The van der Waals surface area contributed by atoms with Crippen LogP contribution in [0.15, 0.2) is 35.3 Å². The van der Waals surface area contributed by atoms with Crippen LogP contribution in [0.4, 0.5) is 0 Å². The molecule has 4 nitrogen and oxygen atoms in total. The molecule has 0 aromatic heterocycles. The van der Waals surface area contributed by atoms with Crippen molar-refractivity contribution in [2.75, 3.05) is 13.1 Å². The Bertz CT molecular complexity index is 349. The van der Waals surface area contributed by atoms with Gasteiger partial charge in [0.25, 0.3) is 0 Å². The summed E-state index contributed by atoms with van der Waals surface area (Å²) in [7, 11) is 0. The lowest BCUT2D eigenvalue weighted by Crippen LogP contribution is -2.35. The van der Waals surface area contributed by atoms with Crippen LogP contribution in [-0.4, -0.2) is 40.3 Å². The first kappa shape index (κ1) is 10.1. The predicted molar refractivity (Wildman–Crippen MR) is 57.4 cm³/mol. The predicted octanol–water partition coefficient (Wildman–Crippen LogP) is 0.211. The maximum Gasteiger partial charge on any atom is 0.211 e. The summed E-state index contributed by atoms with van der Waals surface area (Å²) in [5.74, 6) is 0.374. The van der Waals surface area contributed by atoms with E-state index < -0.39 is 6.29 Å². The van der Waals surface area contributed by atoms with Crippen LogP contribution in [0.1, 0.15) is 5.56 Å². The fourth-order valence-corrected chi connectivity index (χ4v) is 1.71. The molecule has 1 aliphatic rings. The van der Waals surface area contributed by atoms with E-state index in [2.05, 4.69) is 4.99 Å². The van der Waals surface area contributed by atoms with E-state index >= 15 is 0 Å². The Morgan fingerprint density at radius 1 is 1.27 bits per heavy atom. The average molecular weight is 206 g/mol. The first-order valence-corrected chi connectivity index (χ1v) is 4.97. The molecule has 1 aromatic carbocycles. The Hall–Kier alpha value is -1.39. The third-order valence-corrected chi connectivity index (χ3v) is 2.41. The number of amidine groups is 1. The van der Waals surface area contributed by atoms with Gasteiger partial charge in [-0.1, -0.05) is 30.3 Å². The first-order valence-electron chi connectivity index (χ1n) is 4.97. The molecule has 2 rings (SSSR count). The van der Waals surface area contributed by atoms with E-state index in [0.717, 1.165) is 12.1 Å². The van der Waals surface area contributed by atoms with Crippen LogP contribution in [0.5, 0.6) is 0 Å². The molecule has 1 aliphatic heterocycles. The molecule has 0 fully saturated rings. The standard InChI is InChI=1S/C11H14N2O2/c14-11(15)10-12-6-7-13(10)8-9-4-2-1-3-5-9/h1-5,11,14-15H,6-8H2. The summed E-state index contributed by atoms with van der Waals surface area (Å²) in [6, 6.07) is 9.93. The monoisotopic (exact) mass is 206 g/mol. The van der Waals surface area contributed by atoms with Crippen LogP contribution in [0.2, 0.25) is 0 Å². The highest BCUT2D eigenvalue weighted by molar-refractivity contribution is 5.86. The van der Waals surface area contributed by atoms with Crippen molar-refractivity contribution in [2.45, 2.75) is 12.8 Å². The van der Waals surface area contributed by atoms with Crippen molar-refractivity contribution < 1.29 is 10.2 Å². The van der Waals surface area contributed by atoms with Gasteiger partial charge in [0.05, 0.1) is 6.54 Å². The molecule has 0 amide bonds. The highest BCUT2D eigenvalue weighted by Gasteiger charge is 2.21. The van der Waals surface area contributed by atoms with Crippen molar-refractivity contribution in [3.8, 4) is 0 Å². The topological polar surface area (TPSA) is 56.1 Å². The number of hydrogen-bond acceptors (Lipinski definition) is 4. The third-order valence-electron chi connectivity index (χ3n) is 2.41. The SMILES string of the molecule is OC(O)C1=NCCN1Cc1ccccc1. The van der Waals surface area contributed by atoms with E-state index in [9.17, 15) is 0 Å². The van der Waals surface area contributed by atoms with Crippen LogP contribution in [0.25, 0.3) is 0 Å². The van der Waals surface area contributed by atoms with Crippen LogP contribution in [0, 0.1) is 0 Å². The van der Waals surface area contributed by atoms with Crippen molar-refractivity contribution in [3.05, 3.63) is 35.9 Å². The number of aliphatic imine (C=N–C) groups is 1. The zero-order valence-electron chi connectivity index (χ0n) is 8.37. The first-order chi connectivity index (χ1) is 7.27. The number of hydrogen-bond donors (Lipinski definition) is 2. The average Bonchev–Trinajstić information content (AvgIpc) is 2.67. The molecule has 0 saturated carbocycles. The Balaban J connectivity index is 2.04. The van der Waals surface area contributed by atoms with Gasteiger partial charge in [-0.15, -0.1) is 0 Å². The molecular weight excluding hydrogens is 192 g/mol. The molecule has 1 aromatic rings. The molecule has 0 aliphatic carbocycles. The normalized spacial score (nSPS) is 15.9. The fourth-order valence-electron chi connectivity index (χ4n) is 1.71. The molecule has 0 saturated heterocycles. The van der Waals surface area contributed by atoms with Gasteiger partial charge in [0, 0.05) is 13.1 Å². The molecule has 0 radical (unpaired) electrons. The van der Waals surface area contributed by atoms with Gasteiger partial charge in [-0.05, 0) is 5.56 Å². The second kappa shape index (κ2) is 4.42. The van der Waals surface area contributed by atoms with Crippen molar-refractivity contribution in [1.82, 2.24) is 4.90 Å². The van der Waals surface area contributed by atoms with Crippen molar-refractivity contribution in [2.24, 2.45) is 4.99 Å². The molecule has 1 heterocycles. The van der Waals surface area contributed by atoms with Crippen LogP contribution < -0.4 is 0 Å². The largest absolute Gasteiger partial charge is 0.362 e. The fraction of sp³-hybridized carbons (Fsp3) is 0.364. The van der Waals surface area contributed by atoms with E-state index in [0.29, 0.717) is 18.9 Å². The van der Waals surface area contributed by atoms with Gasteiger partial charge in [0.2, 0.25) is 6.29 Å². The quantitative estimate of drug-likeness (QED) is 0.695. The van der Waals surface area contributed by atoms with Crippen molar-refractivity contribution >= 4 is 5.84 Å². The molecule has 0 bridgehead atoms. The number of aliphatic hydroxyl groups excluding tert-OH is 1. The smallest absolute Gasteiger partial charge is 0.211 e. The molecule has 0 spiro atoms. The lowest BCUT2D eigenvalue weighted by Gasteiger charge is -2.21. The van der Waals surface area contributed by atoms with E-state index in [4.69, 9.17) is 10.2 Å². The molecule has 4 heteroatoms. The summed E-state index contributed by atoms with van der Waals surface area (Å²) >= 11 is 0. The van der Waals surface area contributed by atoms with Gasteiger partial charge in [-0.2, -0.15) is 0 Å². The Labute approximate surface area is 88.5 Å². The van der Waals surface area contributed by atoms with E-state index in [1.54, 1.807) is 0 Å². The Kier molecular flexibility index (Phi) is 2.99. The molecular formula is C11H14N2O2. The lowest BCUT2D eigenvalue weighted by atomic mass is 10.2. The molecule has 0 unspecified atom stereocenters. The summed E-state index contributed by atoms with van der Waals surface area (Å²) < 4.78 is 0. The number of rotatable bonds is 3. The van der Waals surface area contributed by atoms with Gasteiger partial charge in [0.15, 0.2) is 5.84 Å². The maximum absolute atomic E-state index is 9.08. The minimum absolute atomic E-state index is 0.374. The minimum atomic E-state index is -1.46. The van der Waals surface area contributed by atoms with Crippen LogP contribution >= 0.6 is 0 Å². The van der Waals surface area contributed by atoms with Gasteiger partial charge >= 0.3 is 0 Å². The van der Waals surface area contributed by atoms with E-state index in [1.807, 2.05) is 35.2 Å². The zero-order valence-corrected chi connectivity index (χ0v) is 8.37. The van der Waals surface area contributed by atoms with E-state index in [-0.39, 0.29) is 0 Å². The van der Waals surface area contributed by atoms with Gasteiger partial charge in [-0.25, -0.2) is 0 Å². The van der Waals surface area contributed by atoms with Crippen LogP contribution in [-0.2, 0) is 6.54 Å². The summed E-state index contributed by atoms with van der Waals surface area (Å²) in [6.07, 6.45) is -1.46. The van der Waals surface area contributed by atoms with Gasteiger partial charge in [-0.3, -0.25) is 4.99 Å². The summed E-state index contributed by atoms with van der Waals surface area (Å²) in [5.41, 5.74) is 1.15. The summed E-state index contributed by atoms with van der Waals surface area (Å²) in [4.78, 5) is 5.94. The number of benzene rings is 1. The van der Waals surface area contributed by atoms with Crippen molar-refractivity contribution in [1.29, 1.82) is 0 Å².